The third kappa shape index (κ3) is 2.75. The second kappa shape index (κ2) is 7.31. The number of para-hydroxylation sites is 1. The molecule has 6 nitrogen and oxygen atoms in total. The van der Waals surface area contributed by atoms with Gasteiger partial charge in [-0.25, -0.2) is 4.79 Å². The Morgan fingerprint density at radius 2 is 1.73 bits per heavy atom. The van der Waals surface area contributed by atoms with Gasteiger partial charge in [-0.05, 0) is 55.2 Å². The third-order valence-corrected chi connectivity index (χ3v) is 5.64. The van der Waals surface area contributed by atoms with E-state index >= 15 is 0 Å². The Morgan fingerprint density at radius 1 is 0.967 bits per heavy atom. The van der Waals surface area contributed by atoms with Crippen LogP contribution in [0.25, 0.3) is 38.0 Å². The maximum absolute atomic E-state index is 13.4. The molecule has 0 saturated heterocycles. The number of rotatable bonds is 4. The van der Waals surface area contributed by atoms with Crippen molar-refractivity contribution in [3.8, 4) is 5.75 Å². The lowest BCUT2D eigenvalue weighted by Crippen LogP contribution is -2.39. The van der Waals surface area contributed by atoms with Crippen LogP contribution in [0.4, 0.5) is 0 Å². The first-order valence-corrected chi connectivity index (χ1v) is 9.56. The molecule has 0 radical (unpaired) electrons. The molecular formula is C23H22ClN3O3. The van der Waals surface area contributed by atoms with Crippen LogP contribution in [-0.4, -0.2) is 41.6 Å². The SMILES string of the molecule is COc1ccc2c(ccc3c2c2cccc4c(=O)n(CCN(C)C)c(=O)n3c42)c1.Cl. The molecule has 5 aromatic rings. The molecule has 0 spiro atoms. The Bertz CT molecular complexity index is 1520. The molecule has 5 rings (SSSR count). The summed E-state index contributed by atoms with van der Waals surface area (Å²) in [5.74, 6) is 0.784. The monoisotopic (exact) mass is 423 g/mol. The summed E-state index contributed by atoms with van der Waals surface area (Å²) in [7, 11) is 5.50. The molecule has 2 aromatic heterocycles. The number of benzene rings is 3. The maximum Gasteiger partial charge on any atom is 0.336 e. The van der Waals surface area contributed by atoms with Gasteiger partial charge in [-0.15, -0.1) is 12.4 Å². The highest BCUT2D eigenvalue weighted by atomic mass is 35.5. The van der Waals surface area contributed by atoms with Gasteiger partial charge in [0.1, 0.15) is 5.75 Å². The quantitative estimate of drug-likeness (QED) is 0.445. The number of hydrogen-bond acceptors (Lipinski definition) is 4. The standard InChI is InChI=1S/C23H21N3O3.ClH/c1-24(2)11-12-25-22(27)18-6-4-5-17-20-16-9-8-15(29-3)13-14(16)7-10-19(20)26(21(17)18)23(25)28;/h4-10,13H,11-12H2,1-3H3;1H. The van der Waals surface area contributed by atoms with Crippen molar-refractivity contribution in [2.24, 2.45) is 0 Å². The number of nitrogens with zero attached hydrogens (tertiary/aromatic N) is 3. The fraction of sp³-hybridized carbons (Fsp3) is 0.217. The van der Waals surface area contributed by atoms with Crippen molar-refractivity contribution >= 4 is 50.4 Å². The van der Waals surface area contributed by atoms with E-state index < -0.39 is 0 Å². The summed E-state index contributed by atoms with van der Waals surface area (Å²) >= 11 is 0. The van der Waals surface area contributed by atoms with Gasteiger partial charge in [-0.1, -0.05) is 18.2 Å². The normalized spacial score (nSPS) is 11.7. The number of aromatic nitrogens is 2. The fourth-order valence-electron chi connectivity index (χ4n) is 4.22. The Kier molecular flexibility index (Phi) is 4.92. The van der Waals surface area contributed by atoms with Crippen molar-refractivity contribution < 1.29 is 4.74 Å². The zero-order chi connectivity index (χ0) is 20.3. The van der Waals surface area contributed by atoms with Crippen LogP contribution in [-0.2, 0) is 6.54 Å². The molecule has 0 aliphatic heterocycles. The first-order chi connectivity index (χ1) is 14.0. The smallest absolute Gasteiger partial charge is 0.336 e. The predicted molar refractivity (Wildman–Crippen MR) is 124 cm³/mol. The summed E-state index contributed by atoms with van der Waals surface area (Å²) < 4.78 is 8.40. The largest absolute Gasteiger partial charge is 0.497 e. The summed E-state index contributed by atoms with van der Waals surface area (Å²) in [5, 5.41) is 4.54. The Morgan fingerprint density at radius 3 is 2.47 bits per heavy atom. The molecular weight excluding hydrogens is 402 g/mol. The minimum absolute atomic E-state index is 0. The average molecular weight is 424 g/mol. The van der Waals surface area contributed by atoms with Gasteiger partial charge in [0.15, 0.2) is 0 Å². The van der Waals surface area contributed by atoms with E-state index in [0.29, 0.717) is 24.0 Å². The van der Waals surface area contributed by atoms with Crippen molar-refractivity contribution in [2.45, 2.75) is 6.54 Å². The molecule has 0 atom stereocenters. The van der Waals surface area contributed by atoms with Gasteiger partial charge in [-0.2, -0.15) is 0 Å². The van der Waals surface area contributed by atoms with Crippen LogP contribution in [0.1, 0.15) is 0 Å². The molecule has 0 aliphatic carbocycles. The summed E-state index contributed by atoms with van der Waals surface area (Å²) in [6, 6.07) is 15.6. The highest BCUT2D eigenvalue weighted by Gasteiger charge is 2.19. The van der Waals surface area contributed by atoms with Gasteiger partial charge in [0.25, 0.3) is 5.56 Å². The molecule has 2 heterocycles. The molecule has 154 valence electrons. The van der Waals surface area contributed by atoms with E-state index in [1.807, 2.05) is 61.5 Å². The highest BCUT2D eigenvalue weighted by Crippen LogP contribution is 2.35. The van der Waals surface area contributed by atoms with Crippen LogP contribution in [0.3, 0.4) is 0 Å². The Balaban J connectivity index is 0.00000218. The molecule has 7 heteroatoms. The Labute approximate surface area is 178 Å². The molecule has 3 aromatic carbocycles. The van der Waals surface area contributed by atoms with E-state index in [4.69, 9.17) is 4.74 Å². The van der Waals surface area contributed by atoms with Gasteiger partial charge in [0.2, 0.25) is 0 Å². The number of hydrogen-bond donors (Lipinski definition) is 0. The van der Waals surface area contributed by atoms with Crippen LogP contribution in [0.15, 0.2) is 58.1 Å². The highest BCUT2D eigenvalue weighted by molar-refractivity contribution is 6.23. The fourth-order valence-corrected chi connectivity index (χ4v) is 4.22. The molecule has 0 bridgehead atoms. The lowest BCUT2D eigenvalue weighted by Gasteiger charge is -2.12. The van der Waals surface area contributed by atoms with E-state index in [1.165, 1.54) is 4.57 Å². The summed E-state index contributed by atoms with van der Waals surface area (Å²) in [4.78, 5) is 28.4. The van der Waals surface area contributed by atoms with E-state index in [2.05, 4.69) is 0 Å². The summed E-state index contributed by atoms with van der Waals surface area (Å²) in [6.45, 7) is 0.968. The van der Waals surface area contributed by atoms with Crippen LogP contribution >= 0.6 is 12.4 Å². The second-order valence-electron chi connectivity index (χ2n) is 7.63. The lowest BCUT2D eigenvalue weighted by atomic mass is 10.0. The zero-order valence-corrected chi connectivity index (χ0v) is 17.8. The molecule has 0 amide bonds. The third-order valence-electron chi connectivity index (χ3n) is 5.64. The van der Waals surface area contributed by atoms with Gasteiger partial charge in [-0.3, -0.25) is 13.8 Å². The van der Waals surface area contributed by atoms with Crippen LogP contribution < -0.4 is 16.0 Å². The number of halogens is 1. The summed E-state index contributed by atoms with van der Waals surface area (Å²) in [6.07, 6.45) is 0. The number of methoxy groups -OCH3 is 1. The molecule has 0 fully saturated rings. The van der Waals surface area contributed by atoms with Gasteiger partial charge < -0.3 is 9.64 Å². The van der Waals surface area contributed by atoms with Gasteiger partial charge >= 0.3 is 5.69 Å². The van der Waals surface area contributed by atoms with Crippen LogP contribution in [0.2, 0.25) is 0 Å². The molecule has 0 N–H and O–H groups in total. The minimum atomic E-state index is -0.289. The van der Waals surface area contributed by atoms with Gasteiger partial charge in [0.05, 0.1) is 23.5 Å². The molecule has 30 heavy (non-hydrogen) atoms. The van der Waals surface area contributed by atoms with Crippen molar-refractivity contribution in [1.29, 1.82) is 0 Å². The van der Waals surface area contributed by atoms with E-state index in [-0.39, 0.29) is 23.7 Å². The first-order valence-electron chi connectivity index (χ1n) is 9.56. The minimum Gasteiger partial charge on any atom is -0.497 e. The summed E-state index contributed by atoms with van der Waals surface area (Å²) in [5.41, 5.74) is 0.992. The van der Waals surface area contributed by atoms with Crippen LogP contribution in [0, 0.1) is 0 Å². The maximum atomic E-state index is 13.4. The van der Waals surface area contributed by atoms with E-state index in [0.717, 1.165) is 32.8 Å². The van der Waals surface area contributed by atoms with Crippen molar-refractivity contribution in [2.75, 3.05) is 27.7 Å². The lowest BCUT2D eigenvalue weighted by molar-refractivity contribution is 0.376. The second-order valence-corrected chi connectivity index (χ2v) is 7.63. The number of likely N-dealkylation sites (N-methyl/N-ethyl adjacent to an activating group) is 1. The van der Waals surface area contributed by atoms with Crippen LogP contribution in [0.5, 0.6) is 5.75 Å². The average Bonchev–Trinajstić information content (AvgIpc) is 3.07. The molecule has 0 saturated carbocycles. The zero-order valence-electron chi connectivity index (χ0n) is 17.0. The first kappa shape index (κ1) is 20.2. The number of fused-ring (bicyclic) bond motifs is 5. The predicted octanol–water partition coefficient (Wildman–Crippen LogP) is 3.35. The molecule has 0 aliphatic rings. The van der Waals surface area contributed by atoms with E-state index in [9.17, 15) is 9.59 Å². The van der Waals surface area contributed by atoms with Crippen molar-refractivity contribution in [1.82, 2.24) is 13.9 Å². The van der Waals surface area contributed by atoms with Gasteiger partial charge in [0, 0.05) is 23.9 Å². The van der Waals surface area contributed by atoms with Crippen molar-refractivity contribution in [3.63, 3.8) is 0 Å². The number of ether oxygens (including phenoxy) is 1. The Hall–Kier alpha value is -3.09. The van der Waals surface area contributed by atoms with E-state index in [1.54, 1.807) is 17.6 Å². The molecule has 0 unspecified atom stereocenters. The van der Waals surface area contributed by atoms with Crippen molar-refractivity contribution in [3.05, 3.63) is 69.4 Å². The topological polar surface area (TPSA) is 56.0 Å².